The van der Waals surface area contributed by atoms with Crippen LogP contribution >= 0.6 is 0 Å². The largest absolute Gasteiger partial charge is 0.462 e. The molecule has 0 rings (SSSR count). The first-order chi connectivity index (χ1) is 35.5. The molecule has 0 saturated heterocycles. The third-order valence-electron chi connectivity index (χ3n) is 13.7. The minimum atomic E-state index is -0.790. The van der Waals surface area contributed by atoms with Crippen molar-refractivity contribution in [2.45, 2.75) is 329 Å². The first-order valence-electron chi connectivity index (χ1n) is 31.3. The highest BCUT2D eigenvalue weighted by Gasteiger charge is 2.19. The summed E-state index contributed by atoms with van der Waals surface area (Å²) in [5, 5.41) is 0. The summed E-state index contributed by atoms with van der Waals surface area (Å²) >= 11 is 0. The van der Waals surface area contributed by atoms with Crippen molar-refractivity contribution in [2.24, 2.45) is 0 Å². The Hall–Kier alpha value is -2.89. The number of hydrogen-bond donors (Lipinski definition) is 0. The lowest BCUT2D eigenvalue weighted by molar-refractivity contribution is -0.167. The topological polar surface area (TPSA) is 78.9 Å². The van der Waals surface area contributed by atoms with Crippen molar-refractivity contribution in [1.82, 2.24) is 0 Å². The van der Waals surface area contributed by atoms with Crippen LogP contribution in [0.2, 0.25) is 0 Å². The highest BCUT2D eigenvalue weighted by atomic mass is 16.6. The van der Waals surface area contributed by atoms with Crippen molar-refractivity contribution in [1.29, 1.82) is 0 Å². The minimum Gasteiger partial charge on any atom is -0.462 e. The zero-order valence-electron chi connectivity index (χ0n) is 47.9. The van der Waals surface area contributed by atoms with Crippen LogP contribution in [-0.4, -0.2) is 37.2 Å². The molecule has 72 heavy (non-hydrogen) atoms. The van der Waals surface area contributed by atoms with Crippen LogP contribution in [0.3, 0.4) is 0 Å². The second-order valence-electron chi connectivity index (χ2n) is 20.9. The van der Waals surface area contributed by atoms with Gasteiger partial charge in [-0.15, -0.1) is 0 Å². The van der Waals surface area contributed by atoms with Crippen LogP contribution in [0.5, 0.6) is 0 Å². The van der Waals surface area contributed by atoms with Gasteiger partial charge in [-0.25, -0.2) is 0 Å². The van der Waals surface area contributed by atoms with E-state index in [2.05, 4.69) is 81.5 Å². The first kappa shape index (κ1) is 69.1. The van der Waals surface area contributed by atoms with Crippen LogP contribution < -0.4 is 0 Å². The molecule has 0 aliphatic heterocycles. The molecule has 0 N–H and O–H groups in total. The van der Waals surface area contributed by atoms with Gasteiger partial charge in [0, 0.05) is 19.3 Å². The zero-order valence-corrected chi connectivity index (χ0v) is 47.9. The molecule has 418 valence electrons. The Morgan fingerprint density at radius 1 is 0.292 bits per heavy atom. The smallest absolute Gasteiger partial charge is 0.306 e. The number of allylic oxidation sites excluding steroid dienone is 10. The molecule has 0 bridgehead atoms. The molecule has 0 radical (unpaired) electrons. The molecule has 0 spiro atoms. The monoisotopic (exact) mass is 1010 g/mol. The van der Waals surface area contributed by atoms with Crippen molar-refractivity contribution in [3.8, 4) is 0 Å². The van der Waals surface area contributed by atoms with E-state index in [9.17, 15) is 14.4 Å². The molecule has 6 heteroatoms. The number of carbonyl (C=O) groups excluding carboxylic acids is 3. The summed E-state index contributed by atoms with van der Waals surface area (Å²) in [6, 6.07) is 0. The Morgan fingerprint density at radius 2 is 0.542 bits per heavy atom. The minimum absolute atomic E-state index is 0.0849. The molecule has 0 aromatic rings. The summed E-state index contributed by atoms with van der Waals surface area (Å²) < 4.78 is 16.9. The average molecular weight is 1010 g/mol. The van der Waals surface area contributed by atoms with E-state index in [1.807, 2.05) is 0 Å². The van der Waals surface area contributed by atoms with Gasteiger partial charge >= 0.3 is 17.9 Å². The lowest BCUT2D eigenvalue weighted by Crippen LogP contribution is -2.30. The number of hydrogen-bond acceptors (Lipinski definition) is 6. The molecule has 0 aromatic carbocycles. The van der Waals surface area contributed by atoms with E-state index in [0.717, 1.165) is 96.3 Å². The first-order valence-corrected chi connectivity index (χ1v) is 31.3. The van der Waals surface area contributed by atoms with Crippen LogP contribution in [0, 0.1) is 0 Å². The van der Waals surface area contributed by atoms with Crippen LogP contribution in [0.1, 0.15) is 323 Å². The maximum Gasteiger partial charge on any atom is 0.306 e. The lowest BCUT2D eigenvalue weighted by atomic mass is 10.0. The van der Waals surface area contributed by atoms with E-state index in [0.29, 0.717) is 19.3 Å². The fraction of sp³-hybridized carbons (Fsp3) is 0.803. The highest BCUT2D eigenvalue weighted by molar-refractivity contribution is 5.71. The molecule has 0 fully saturated rings. The zero-order chi connectivity index (χ0) is 52.2. The van der Waals surface area contributed by atoms with Gasteiger partial charge in [0.25, 0.3) is 0 Å². The van der Waals surface area contributed by atoms with E-state index >= 15 is 0 Å². The quantitative estimate of drug-likeness (QED) is 0.0261. The average Bonchev–Trinajstić information content (AvgIpc) is 3.38. The second kappa shape index (κ2) is 60.7. The van der Waals surface area contributed by atoms with Crippen LogP contribution in [-0.2, 0) is 28.6 Å². The Bertz CT molecular complexity index is 1290. The van der Waals surface area contributed by atoms with Crippen molar-refractivity contribution in [3.63, 3.8) is 0 Å². The number of rotatable bonds is 57. The van der Waals surface area contributed by atoms with Gasteiger partial charge in [-0.1, -0.05) is 261 Å². The second-order valence-corrected chi connectivity index (χ2v) is 20.9. The number of esters is 3. The molecular formula is C66H118O6. The molecule has 1 atom stereocenters. The molecule has 6 nitrogen and oxygen atoms in total. The number of unbranched alkanes of at least 4 members (excludes halogenated alkanes) is 36. The lowest BCUT2D eigenvalue weighted by Gasteiger charge is -2.18. The van der Waals surface area contributed by atoms with E-state index in [-0.39, 0.29) is 31.1 Å². The summed E-state index contributed by atoms with van der Waals surface area (Å²) in [5.74, 6) is -0.911. The van der Waals surface area contributed by atoms with Crippen molar-refractivity contribution < 1.29 is 28.6 Å². The molecule has 1 unspecified atom stereocenters. The van der Waals surface area contributed by atoms with Gasteiger partial charge in [0.05, 0.1) is 0 Å². The Balaban J connectivity index is 4.22. The summed E-state index contributed by atoms with van der Waals surface area (Å²) in [6.07, 6.45) is 76.7. The number of ether oxygens (including phenoxy) is 3. The van der Waals surface area contributed by atoms with Crippen LogP contribution in [0.4, 0.5) is 0 Å². The maximum atomic E-state index is 12.8. The molecule has 0 heterocycles. The third-order valence-corrected chi connectivity index (χ3v) is 13.7. The predicted molar refractivity (Wildman–Crippen MR) is 312 cm³/mol. The van der Waals surface area contributed by atoms with Gasteiger partial charge in [0.2, 0.25) is 0 Å². The molecular weight excluding hydrogens is 889 g/mol. The Labute approximate surface area is 447 Å². The SMILES string of the molecule is CC/C=C\C/C=C\C/C=C\CCCCCC(=O)OCC(COC(=O)CCCCCCCCCCCCCCCCC/C=C\CCCCCCCCCC)OC(=O)CCCCCCC/C=C\CCCCCCC. The fourth-order valence-electron chi connectivity index (χ4n) is 9.04. The molecule has 0 aliphatic rings. The highest BCUT2D eigenvalue weighted by Crippen LogP contribution is 2.17. The summed E-state index contributed by atoms with van der Waals surface area (Å²) in [5.41, 5.74) is 0. The van der Waals surface area contributed by atoms with Gasteiger partial charge in [-0.05, 0) is 103 Å². The molecule has 0 amide bonds. The van der Waals surface area contributed by atoms with Crippen molar-refractivity contribution >= 4 is 17.9 Å². The van der Waals surface area contributed by atoms with Crippen molar-refractivity contribution in [3.05, 3.63) is 60.8 Å². The maximum absolute atomic E-state index is 12.8. The number of carbonyl (C=O) groups is 3. The predicted octanol–water partition coefficient (Wildman–Crippen LogP) is 21.2. The van der Waals surface area contributed by atoms with Crippen molar-refractivity contribution in [2.75, 3.05) is 13.2 Å². The normalized spacial score (nSPS) is 12.4. The Morgan fingerprint density at radius 3 is 0.875 bits per heavy atom. The Kier molecular flexibility index (Phi) is 58.2. The third kappa shape index (κ3) is 58.0. The van der Waals surface area contributed by atoms with Gasteiger partial charge in [0.1, 0.15) is 13.2 Å². The molecule has 0 aliphatic carbocycles. The molecule has 0 aromatic heterocycles. The van der Waals surface area contributed by atoms with Crippen LogP contribution in [0.25, 0.3) is 0 Å². The van der Waals surface area contributed by atoms with E-state index in [1.165, 1.54) is 186 Å². The summed E-state index contributed by atoms with van der Waals surface area (Å²) in [6.45, 7) is 6.52. The van der Waals surface area contributed by atoms with E-state index < -0.39 is 6.10 Å². The summed E-state index contributed by atoms with van der Waals surface area (Å²) in [4.78, 5) is 38.2. The standard InChI is InChI=1S/C66H118O6/c1-4-7-10-13-16-19-22-25-27-28-29-30-31-32-33-34-35-36-37-38-39-42-44-47-50-53-56-59-65(68)71-62-63(61-70-64(67)58-55-52-49-46-43-40-24-21-18-15-12-9-6-3)72-66(69)60-57-54-51-48-45-41-26-23-20-17-14-11-8-5-2/h9,12,18,21,23,26,28-29,40,43,63H,4-8,10-11,13-17,19-20,22,24-25,27,30-39,41-42,44-62H2,1-3H3/b12-9-,21-18-,26-23-,29-28-,43-40-. The van der Waals surface area contributed by atoms with Crippen LogP contribution in [0.15, 0.2) is 60.8 Å². The molecule has 0 saturated carbocycles. The fourth-order valence-corrected chi connectivity index (χ4v) is 9.04. The van der Waals surface area contributed by atoms with E-state index in [1.54, 1.807) is 0 Å². The van der Waals surface area contributed by atoms with Gasteiger partial charge in [-0.2, -0.15) is 0 Å². The van der Waals surface area contributed by atoms with Gasteiger partial charge in [-0.3, -0.25) is 14.4 Å². The summed E-state index contributed by atoms with van der Waals surface area (Å²) in [7, 11) is 0. The van der Waals surface area contributed by atoms with Gasteiger partial charge < -0.3 is 14.2 Å². The van der Waals surface area contributed by atoms with Gasteiger partial charge in [0.15, 0.2) is 6.10 Å². The van der Waals surface area contributed by atoms with E-state index in [4.69, 9.17) is 14.2 Å².